The SMILES string of the molecule is CCC(CC)C(=O)NCC(CC(C)C)N1CCCC1. The standard InChI is InChI=1S/C16H32N2O/c1-5-14(6-2)16(19)17-12-15(11-13(3)4)18-9-7-8-10-18/h13-15H,5-12H2,1-4H3,(H,17,19). The second kappa shape index (κ2) is 8.57. The summed E-state index contributed by atoms with van der Waals surface area (Å²) in [6, 6.07) is 0.529. The molecular weight excluding hydrogens is 236 g/mol. The molecule has 0 spiro atoms. The molecule has 0 aromatic rings. The predicted octanol–water partition coefficient (Wildman–Crippen LogP) is 3.05. The molecule has 0 radical (unpaired) electrons. The van der Waals surface area contributed by atoms with Crippen LogP contribution in [-0.4, -0.2) is 36.5 Å². The smallest absolute Gasteiger partial charge is 0.223 e. The Morgan fingerprint density at radius 3 is 2.21 bits per heavy atom. The molecule has 0 aromatic carbocycles. The number of likely N-dealkylation sites (tertiary alicyclic amines) is 1. The lowest BCUT2D eigenvalue weighted by atomic mass is 10.0. The minimum Gasteiger partial charge on any atom is -0.354 e. The Kier molecular flexibility index (Phi) is 7.44. The average molecular weight is 268 g/mol. The molecule has 1 aliphatic heterocycles. The van der Waals surface area contributed by atoms with Gasteiger partial charge >= 0.3 is 0 Å². The van der Waals surface area contributed by atoms with Gasteiger partial charge in [0.1, 0.15) is 0 Å². The fourth-order valence-corrected chi connectivity index (χ4v) is 3.03. The summed E-state index contributed by atoms with van der Waals surface area (Å²) in [5.41, 5.74) is 0. The highest BCUT2D eigenvalue weighted by Gasteiger charge is 2.24. The highest BCUT2D eigenvalue weighted by Crippen LogP contribution is 2.17. The molecule has 1 amide bonds. The first kappa shape index (κ1) is 16.5. The Balaban J connectivity index is 2.45. The Labute approximate surface area is 119 Å². The zero-order chi connectivity index (χ0) is 14.3. The minimum absolute atomic E-state index is 0.193. The highest BCUT2D eigenvalue weighted by atomic mass is 16.1. The van der Waals surface area contributed by atoms with Crippen molar-refractivity contribution in [1.29, 1.82) is 0 Å². The van der Waals surface area contributed by atoms with Crippen LogP contribution in [0.5, 0.6) is 0 Å². The maximum Gasteiger partial charge on any atom is 0.223 e. The van der Waals surface area contributed by atoms with Gasteiger partial charge in [0.05, 0.1) is 0 Å². The summed E-state index contributed by atoms with van der Waals surface area (Å²) >= 11 is 0. The topological polar surface area (TPSA) is 32.3 Å². The lowest BCUT2D eigenvalue weighted by molar-refractivity contribution is -0.125. The number of rotatable bonds is 8. The molecule has 1 rings (SSSR count). The summed E-state index contributed by atoms with van der Waals surface area (Å²) in [5.74, 6) is 1.13. The van der Waals surface area contributed by atoms with Gasteiger partial charge in [-0.1, -0.05) is 27.7 Å². The molecule has 1 N–H and O–H groups in total. The molecule has 112 valence electrons. The second-order valence-electron chi connectivity index (χ2n) is 6.29. The number of carbonyl (C=O) groups excluding carboxylic acids is 1. The van der Waals surface area contributed by atoms with E-state index in [0.717, 1.165) is 19.4 Å². The molecule has 1 unspecified atom stereocenters. The molecule has 0 aromatic heterocycles. The third-order valence-electron chi connectivity index (χ3n) is 4.27. The van der Waals surface area contributed by atoms with Crippen molar-refractivity contribution in [2.24, 2.45) is 11.8 Å². The van der Waals surface area contributed by atoms with E-state index in [1.807, 2.05) is 0 Å². The molecule has 0 aliphatic carbocycles. The van der Waals surface area contributed by atoms with E-state index in [0.29, 0.717) is 12.0 Å². The first-order valence-corrected chi connectivity index (χ1v) is 8.10. The monoisotopic (exact) mass is 268 g/mol. The van der Waals surface area contributed by atoms with E-state index < -0.39 is 0 Å². The van der Waals surface area contributed by atoms with Crippen molar-refractivity contribution in [2.45, 2.75) is 65.8 Å². The third kappa shape index (κ3) is 5.52. The van der Waals surface area contributed by atoms with Gasteiger partial charge in [-0.2, -0.15) is 0 Å². The molecule has 1 atom stereocenters. The molecule has 3 heteroatoms. The molecule has 0 bridgehead atoms. The van der Waals surface area contributed by atoms with Crippen LogP contribution in [0.1, 0.15) is 59.8 Å². The highest BCUT2D eigenvalue weighted by molar-refractivity contribution is 5.78. The van der Waals surface area contributed by atoms with Crippen LogP contribution >= 0.6 is 0 Å². The third-order valence-corrected chi connectivity index (χ3v) is 4.27. The molecule has 1 aliphatic rings. The summed E-state index contributed by atoms with van der Waals surface area (Å²) in [4.78, 5) is 14.6. The van der Waals surface area contributed by atoms with Crippen LogP contribution in [0, 0.1) is 11.8 Å². The number of nitrogens with zero attached hydrogens (tertiary/aromatic N) is 1. The molecule has 1 heterocycles. The van der Waals surface area contributed by atoms with E-state index in [1.54, 1.807) is 0 Å². The summed E-state index contributed by atoms with van der Waals surface area (Å²) in [6.07, 6.45) is 5.70. The minimum atomic E-state index is 0.193. The van der Waals surface area contributed by atoms with Crippen molar-refractivity contribution >= 4 is 5.91 Å². The Morgan fingerprint density at radius 1 is 1.16 bits per heavy atom. The molecule has 3 nitrogen and oxygen atoms in total. The fraction of sp³-hybridized carbons (Fsp3) is 0.938. The second-order valence-corrected chi connectivity index (χ2v) is 6.29. The molecule has 19 heavy (non-hydrogen) atoms. The molecule has 1 saturated heterocycles. The van der Waals surface area contributed by atoms with Crippen molar-refractivity contribution < 1.29 is 4.79 Å². The Bertz CT molecular complexity index is 255. The van der Waals surface area contributed by atoms with Crippen LogP contribution in [0.25, 0.3) is 0 Å². The number of amides is 1. The van der Waals surface area contributed by atoms with Gasteiger partial charge < -0.3 is 5.32 Å². The molecule has 1 fully saturated rings. The lowest BCUT2D eigenvalue weighted by Crippen LogP contribution is -2.44. The van der Waals surface area contributed by atoms with Crippen molar-refractivity contribution in [3.8, 4) is 0 Å². The quantitative estimate of drug-likeness (QED) is 0.734. The van der Waals surface area contributed by atoms with E-state index in [2.05, 4.69) is 37.9 Å². The van der Waals surface area contributed by atoms with Crippen molar-refractivity contribution in [3.05, 3.63) is 0 Å². The maximum absolute atomic E-state index is 12.1. The van der Waals surface area contributed by atoms with E-state index in [4.69, 9.17) is 0 Å². The van der Waals surface area contributed by atoms with Gasteiger partial charge in [0, 0.05) is 18.5 Å². The predicted molar refractivity (Wildman–Crippen MR) is 81.1 cm³/mol. The van der Waals surface area contributed by atoms with Crippen molar-refractivity contribution in [1.82, 2.24) is 10.2 Å². The van der Waals surface area contributed by atoms with E-state index in [9.17, 15) is 4.79 Å². The summed E-state index contributed by atoms with van der Waals surface area (Å²) in [5, 5.41) is 3.19. The van der Waals surface area contributed by atoms with Crippen LogP contribution in [0.3, 0.4) is 0 Å². The van der Waals surface area contributed by atoms with Crippen molar-refractivity contribution in [3.63, 3.8) is 0 Å². The first-order valence-electron chi connectivity index (χ1n) is 8.10. The Morgan fingerprint density at radius 2 is 1.74 bits per heavy atom. The van der Waals surface area contributed by atoms with Gasteiger partial charge in [0.2, 0.25) is 5.91 Å². The van der Waals surface area contributed by atoms with Gasteiger partial charge in [-0.25, -0.2) is 0 Å². The van der Waals surface area contributed by atoms with Crippen LogP contribution in [0.4, 0.5) is 0 Å². The van der Waals surface area contributed by atoms with E-state index in [-0.39, 0.29) is 11.8 Å². The van der Waals surface area contributed by atoms with E-state index >= 15 is 0 Å². The zero-order valence-corrected chi connectivity index (χ0v) is 13.2. The summed E-state index contributed by atoms with van der Waals surface area (Å²) in [6.45, 7) is 12.0. The van der Waals surface area contributed by atoms with Gasteiger partial charge in [0.25, 0.3) is 0 Å². The zero-order valence-electron chi connectivity index (χ0n) is 13.2. The van der Waals surface area contributed by atoms with Crippen LogP contribution in [0.15, 0.2) is 0 Å². The van der Waals surface area contributed by atoms with Crippen LogP contribution in [-0.2, 0) is 4.79 Å². The number of hydrogen-bond donors (Lipinski definition) is 1. The van der Waals surface area contributed by atoms with Crippen LogP contribution in [0.2, 0.25) is 0 Å². The van der Waals surface area contributed by atoms with Crippen LogP contribution < -0.4 is 5.32 Å². The van der Waals surface area contributed by atoms with E-state index in [1.165, 1.54) is 32.4 Å². The Hall–Kier alpha value is -0.570. The number of carbonyl (C=O) groups is 1. The molecular formula is C16H32N2O. The molecule has 0 saturated carbocycles. The van der Waals surface area contributed by atoms with Gasteiger partial charge in [0.15, 0.2) is 0 Å². The summed E-state index contributed by atoms with van der Waals surface area (Å²) in [7, 11) is 0. The number of hydrogen-bond acceptors (Lipinski definition) is 2. The van der Waals surface area contributed by atoms with Gasteiger partial charge in [-0.3, -0.25) is 9.69 Å². The fourth-order valence-electron chi connectivity index (χ4n) is 3.03. The number of nitrogens with one attached hydrogen (secondary N) is 1. The van der Waals surface area contributed by atoms with Crippen molar-refractivity contribution in [2.75, 3.05) is 19.6 Å². The maximum atomic E-state index is 12.1. The first-order chi connectivity index (χ1) is 9.08. The summed E-state index contributed by atoms with van der Waals surface area (Å²) < 4.78 is 0. The largest absolute Gasteiger partial charge is 0.354 e. The van der Waals surface area contributed by atoms with Gasteiger partial charge in [-0.15, -0.1) is 0 Å². The lowest BCUT2D eigenvalue weighted by Gasteiger charge is -2.29. The normalized spacial score (nSPS) is 18.2. The van der Waals surface area contributed by atoms with Gasteiger partial charge in [-0.05, 0) is 51.1 Å². The average Bonchev–Trinajstić information content (AvgIpc) is 2.89.